The number of para-hydroxylation sites is 1. The van der Waals surface area contributed by atoms with Gasteiger partial charge in [0.05, 0.1) is 17.7 Å². The van der Waals surface area contributed by atoms with Crippen molar-refractivity contribution in [2.75, 3.05) is 19.7 Å². The molecular weight excluding hydrogens is 450 g/mol. The minimum absolute atomic E-state index is 0.00125. The van der Waals surface area contributed by atoms with Crippen LogP contribution < -0.4 is 5.73 Å². The molecule has 2 heterocycles. The Morgan fingerprint density at radius 1 is 1.18 bits per heavy atom. The number of aromatic nitrogens is 1. The van der Waals surface area contributed by atoms with Crippen LogP contribution in [0.4, 0.5) is 17.6 Å². The summed E-state index contributed by atoms with van der Waals surface area (Å²) in [6.45, 7) is 2.54. The summed E-state index contributed by atoms with van der Waals surface area (Å²) in [7, 11) is 0. The fourth-order valence-corrected chi connectivity index (χ4v) is 4.75. The molecule has 0 bridgehead atoms. The average Bonchev–Trinajstić information content (AvgIpc) is 3.18. The summed E-state index contributed by atoms with van der Waals surface area (Å²) in [6.07, 6.45) is -1.86. The van der Waals surface area contributed by atoms with E-state index in [0.717, 1.165) is 11.1 Å². The molecule has 2 N–H and O–H groups in total. The topological polar surface area (TPSA) is 60.5 Å². The molecule has 0 unspecified atom stereocenters. The minimum Gasteiger partial charge on any atom is -0.344 e. The smallest absolute Gasteiger partial charge is 0.344 e. The third kappa shape index (κ3) is 5.10. The van der Waals surface area contributed by atoms with Crippen molar-refractivity contribution < 1.29 is 27.1 Å². The third-order valence-corrected chi connectivity index (χ3v) is 6.45. The van der Waals surface area contributed by atoms with Crippen LogP contribution in [-0.4, -0.2) is 41.4 Å². The van der Waals surface area contributed by atoms with Crippen molar-refractivity contribution in [1.29, 1.82) is 0 Å². The Morgan fingerprint density at radius 2 is 1.91 bits per heavy atom. The number of ether oxygens (including phenoxy) is 1. The number of aryl methyl sites for hydroxylation is 1. The van der Waals surface area contributed by atoms with Gasteiger partial charge in [-0.3, -0.25) is 9.53 Å². The van der Waals surface area contributed by atoms with Crippen LogP contribution in [0.5, 0.6) is 0 Å². The number of piperidine rings is 1. The number of fused-ring (bicyclic) bond motifs is 1. The molecule has 4 rings (SSSR count). The van der Waals surface area contributed by atoms with Gasteiger partial charge in [0.15, 0.2) is 0 Å². The van der Waals surface area contributed by atoms with Gasteiger partial charge in [-0.25, -0.2) is 4.39 Å². The van der Waals surface area contributed by atoms with Crippen molar-refractivity contribution in [2.24, 2.45) is 5.73 Å². The summed E-state index contributed by atoms with van der Waals surface area (Å²) < 4.78 is 57.3. The number of carbonyl (C=O) groups is 1. The van der Waals surface area contributed by atoms with E-state index in [1.54, 1.807) is 33.9 Å². The van der Waals surface area contributed by atoms with Crippen LogP contribution in [-0.2, 0) is 17.8 Å². The van der Waals surface area contributed by atoms with Gasteiger partial charge >= 0.3 is 6.36 Å². The zero-order valence-electron chi connectivity index (χ0n) is 18.9. The van der Waals surface area contributed by atoms with Gasteiger partial charge in [0.1, 0.15) is 5.82 Å². The van der Waals surface area contributed by atoms with E-state index in [-0.39, 0.29) is 24.2 Å². The highest BCUT2D eigenvalue weighted by molar-refractivity contribution is 6.07. The normalized spacial score (nSPS) is 15.3. The number of amides is 1. The van der Waals surface area contributed by atoms with Gasteiger partial charge in [-0.2, -0.15) is 0 Å². The fraction of sp³-hybridized carbons (Fsp3) is 0.400. The molecule has 5 nitrogen and oxygen atoms in total. The quantitative estimate of drug-likeness (QED) is 0.503. The number of hydrogen-bond donors (Lipinski definition) is 1. The van der Waals surface area contributed by atoms with E-state index in [0.29, 0.717) is 54.5 Å². The molecule has 3 aromatic rings. The number of alkyl halides is 3. The number of likely N-dealkylation sites (tertiary alicyclic amines) is 1. The van der Waals surface area contributed by atoms with Crippen LogP contribution in [0.1, 0.15) is 45.8 Å². The molecule has 1 aromatic heterocycles. The summed E-state index contributed by atoms with van der Waals surface area (Å²) >= 11 is 0. The standard InChI is InChI=1S/C25H27F4N3O2/c1-16-3-2-4-19-21(15-32(23(16)19)11-12-34-25(27,28)29)24(33)31-9-7-18(8-10-31)20-13-17(14-30)5-6-22(20)26/h2-6,13,15,18H,7-12,14,30H2,1H3. The molecule has 0 atom stereocenters. The number of rotatable bonds is 6. The second-order valence-corrected chi connectivity index (χ2v) is 8.63. The summed E-state index contributed by atoms with van der Waals surface area (Å²) in [5.41, 5.74) is 9.21. The third-order valence-electron chi connectivity index (χ3n) is 6.45. The fourth-order valence-electron chi connectivity index (χ4n) is 4.75. The van der Waals surface area contributed by atoms with Crippen LogP contribution in [0.15, 0.2) is 42.6 Å². The lowest BCUT2D eigenvalue weighted by atomic mass is 9.88. The van der Waals surface area contributed by atoms with Gasteiger partial charge in [0, 0.05) is 37.8 Å². The number of nitrogens with two attached hydrogens (primary N) is 1. The molecule has 1 aliphatic rings. The highest BCUT2D eigenvalue weighted by Gasteiger charge is 2.30. The molecule has 1 saturated heterocycles. The summed E-state index contributed by atoms with van der Waals surface area (Å²) in [6, 6.07) is 10.4. The van der Waals surface area contributed by atoms with Gasteiger partial charge in [0.25, 0.3) is 5.91 Å². The first-order valence-corrected chi connectivity index (χ1v) is 11.2. The zero-order valence-corrected chi connectivity index (χ0v) is 18.9. The molecule has 2 aromatic carbocycles. The second kappa shape index (κ2) is 9.76. The number of nitrogens with zero attached hydrogens (tertiary/aromatic N) is 2. The molecule has 1 fully saturated rings. The lowest BCUT2D eigenvalue weighted by molar-refractivity contribution is -0.325. The Labute approximate surface area is 195 Å². The van der Waals surface area contributed by atoms with Crippen LogP contribution in [0.25, 0.3) is 10.9 Å². The Bertz CT molecular complexity index is 1180. The molecule has 1 aliphatic heterocycles. The lowest BCUT2D eigenvalue weighted by Gasteiger charge is -2.32. The maximum absolute atomic E-state index is 14.4. The van der Waals surface area contributed by atoms with Crippen molar-refractivity contribution in [3.63, 3.8) is 0 Å². The van der Waals surface area contributed by atoms with E-state index in [1.165, 1.54) is 6.07 Å². The largest absolute Gasteiger partial charge is 0.522 e. The van der Waals surface area contributed by atoms with Crippen LogP contribution in [0.3, 0.4) is 0 Å². The number of hydrogen-bond acceptors (Lipinski definition) is 3. The molecule has 0 radical (unpaired) electrons. The van der Waals surface area contributed by atoms with Gasteiger partial charge in [-0.05, 0) is 48.4 Å². The predicted octanol–water partition coefficient (Wildman–Crippen LogP) is 5.10. The molecule has 9 heteroatoms. The van der Waals surface area contributed by atoms with E-state index in [1.807, 2.05) is 19.1 Å². The first kappa shape index (κ1) is 24.2. The molecule has 0 aliphatic carbocycles. The second-order valence-electron chi connectivity index (χ2n) is 8.63. The Balaban J connectivity index is 1.52. The highest BCUT2D eigenvalue weighted by atomic mass is 19.4. The summed E-state index contributed by atoms with van der Waals surface area (Å²) in [5, 5.41) is 0.695. The summed E-state index contributed by atoms with van der Waals surface area (Å²) in [5.74, 6) is -0.444. The van der Waals surface area contributed by atoms with Crippen molar-refractivity contribution in [3.05, 3.63) is 70.7 Å². The maximum atomic E-state index is 14.4. The molecule has 0 spiro atoms. The molecular formula is C25H27F4N3O2. The minimum atomic E-state index is -4.70. The zero-order chi connectivity index (χ0) is 24.5. The van der Waals surface area contributed by atoms with Crippen LogP contribution in [0, 0.1) is 12.7 Å². The number of carbonyl (C=O) groups excluding carboxylic acids is 1. The van der Waals surface area contributed by atoms with Crippen LogP contribution in [0.2, 0.25) is 0 Å². The van der Waals surface area contributed by atoms with Crippen LogP contribution >= 0.6 is 0 Å². The van der Waals surface area contributed by atoms with E-state index in [4.69, 9.17) is 5.73 Å². The SMILES string of the molecule is Cc1cccc2c(C(=O)N3CCC(c4cc(CN)ccc4F)CC3)cn(CCOC(F)(F)F)c12. The Morgan fingerprint density at radius 3 is 2.59 bits per heavy atom. The molecule has 1 amide bonds. The van der Waals surface area contributed by atoms with E-state index in [2.05, 4.69) is 4.74 Å². The van der Waals surface area contributed by atoms with Gasteiger partial charge in [-0.1, -0.05) is 30.3 Å². The average molecular weight is 478 g/mol. The first-order valence-electron chi connectivity index (χ1n) is 11.2. The highest BCUT2D eigenvalue weighted by Crippen LogP contribution is 2.32. The Hall–Kier alpha value is -2.91. The maximum Gasteiger partial charge on any atom is 0.522 e. The van der Waals surface area contributed by atoms with Crippen molar-refractivity contribution in [3.8, 4) is 0 Å². The van der Waals surface area contributed by atoms with Crippen molar-refractivity contribution in [1.82, 2.24) is 9.47 Å². The van der Waals surface area contributed by atoms with E-state index in [9.17, 15) is 22.4 Å². The van der Waals surface area contributed by atoms with Gasteiger partial charge < -0.3 is 15.2 Å². The molecule has 34 heavy (non-hydrogen) atoms. The van der Waals surface area contributed by atoms with E-state index >= 15 is 0 Å². The van der Waals surface area contributed by atoms with Crippen molar-refractivity contribution >= 4 is 16.8 Å². The predicted molar refractivity (Wildman–Crippen MR) is 121 cm³/mol. The molecule has 0 saturated carbocycles. The van der Waals surface area contributed by atoms with Gasteiger partial charge in [-0.15, -0.1) is 13.2 Å². The monoisotopic (exact) mass is 477 g/mol. The first-order chi connectivity index (χ1) is 16.2. The number of halogens is 4. The molecule has 182 valence electrons. The van der Waals surface area contributed by atoms with Crippen molar-refractivity contribution in [2.45, 2.75) is 45.1 Å². The van der Waals surface area contributed by atoms with E-state index < -0.39 is 13.0 Å². The lowest BCUT2D eigenvalue weighted by Crippen LogP contribution is -2.38. The summed E-state index contributed by atoms with van der Waals surface area (Å²) in [4.78, 5) is 15.1. The number of benzene rings is 2. The van der Waals surface area contributed by atoms with Gasteiger partial charge in [0.2, 0.25) is 0 Å². The Kier molecular flexibility index (Phi) is 6.95.